The van der Waals surface area contributed by atoms with Crippen LogP contribution in [0.2, 0.25) is 0 Å². The predicted octanol–water partition coefficient (Wildman–Crippen LogP) is 4.21. The number of methoxy groups -OCH3 is 1. The van der Waals surface area contributed by atoms with E-state index in [1.165, 1.54) is 32.4 Å². The Hall–Kier alpha value is -2.53. The van der Waals surface area contributed by atoms with Crippen molar-refractivity contribution >= 4 is 21.7 Å². The van der Waals surface area contributed by atoms with Crippen molar-refractivity contribution in [2.75, 3.05) is 33.4 Å². The predicted molar refractivity (Wildman–Crippen MR) is 107 cm³/mol. The first kappa shape index (κ1) is 17.9. The molecule has 0 aliphatic carbocycles. The van der Waals surface area contributed by atoms with Gasteiger partial charge in [-0.2, -0.15) is 0 Å². The van der Waals surface area contributed by atoms with Crippen molar-refractivity contribution in [2.24, 2.45) is 0 Å². The van der Waals surface area contributed by atoms with Gasteiger partial charge in [0.05, 0.1) is 19.1 Å². The zero-order valence-electron chi connectivity index (χ0n) is 15.7. The van der Waals surface area contributed by atoms with E-state index in [4.69, 9.17) is 13.9 Å². The zero-order chi connectivity index (χ0) is 18.6. The number of nitrogens with zero attached hydrogens (tertiary/aromatic N) is 1. The summed E-state index contributed by atoms with van der Waals surface area (Å²) < 4.78 is 16.6. The second kappa shape index (κ2) is 8.01. The average Bonchev–Trinajstić information content (AvgIpc) is 2.71. The summed E-state index contributed by atoms with van der Waals surface area (Å²) in [6, 6.07) is 11.2. The molecule has 0 bridgehead atoms. The van der Waals surface area contributed by atoms with Gasteiger partial charge in [-0.15, -0.1) is 0 Å². The molecule has 3 aromatic rings. The number of likely N-dealkylation sites (tertiary alicyclic amines) is 1. The molecule has 0 radical (unpaired) electrons. The lowest BCUT2D eigenvalue weighted by molar-refractivity contribution is 0.205. The molecule has 0 amide bonds. The molecule has 1 saturated heterocycles. The van der Waals surface area contributed by atoms with Crippen LogP contribution in [0.5, 0.6) is 11.5 Å². The highest BCUT2D eigenvalue weighted by atomic mass is 16.5. The number of piperidine rings is 1. The summed E-state index contributed by atoms with van der Waals surface area (Å²) in [6.45, 7) is 4.16. The van der Waals surface area contributed by atoms with Crippen molar-refractivity contribution in [3.63, 3.8) is 0 Å². The maximum Gasteiger partial charge on any atom is 0.344 e. The molecule has 1 aliphatic heterocycles. The summed E-state index contributed by atoms with van der Waals surface area (Å²) >= 11 is 0. The highest BCUT2D eigenvalue weighted by Crippen LogP contribution is 2.28. The topological polar surface area (TPSA) is 51.9 Å². The summed E-state index contributed by atoms with van der Waals surface area (Å²) in [7, 11) is 1.58. The van der Waals surface area contributed by atoms with Gasteiger partial charge in [-0.25, -0.2) is 4.79 Å². The van der Waals surface area contributed by atoms with Crippen molar-refractivity contribution in [3.05, 3.63) is 46.8 Å². The molecule has 0 atom stereocenters. The third-order valence-electron chi connectivity index (χ3n) is 5.23. The van der Waals surface area contributed by atoms with E-state index < -0.39 is 0 Å². The normalized spacial score (nSPS) is 15.3. The fourth-order valence-corrected chi connectivity index (χ4v) is 3.77. The standard InChI is InChI=1S/C22H25NO4/c1-25-16-6-8-18-19-9-7-17(15-21(19)27-22(24)20(18)14-16)26-13-5-12-23-10-3-2-4-11-23/h6-9,14-15H,2-5,10-13H2,1H3. The van der Waals surface area contributed by atoms with Crippen molar-refractivity contribution in [1.82, 2.24) is 4.90 Å². The first-order valence-electron chi connectivity index (χ1n) is 9.64. The summed E-state index contributed by atoms with van der Waals surface area (Å²) in [5.74, 6) is 1.37. The van der Waals surface area contributed by atoms with Crippen LogP contribution in [0, 0.1) is 0 Å². The number of benzene rings is 2. The molecule has 142 valence electrons. The molecule has 2 aromatic carbocycles. The zero-order valence-corrected chi connectivity index (χ0v) is 15.7. The van der Waals surface area contributed by atoms with Crippen LogP contribution in [0.4, 0.5) is 0 Å². The van der Waals surface area contributed by atoms with Crippen molar-refractivity contribution in [2.45, 2.75) is 25.7 Å². The molecule has 0 unspecified atom stereocenters. The minimum atomic E-state index is -0.362. The fourth-order valence-electron chi connectivity index (χ4n) is 3.77. The van der Waals surface area contributed by atoms with Gasteiger partial charge in [0.25, 0.3) is 0 Å². The molecule has 0 saturated carbocycles. The molecule has 4 rings (SSSR count). The van der Waals surface area contributed by atoms with Crippen LogP contribution in [-0.2, 0) is 0 Å². The van der Waals surface area contributed by atoms with Crippen LogP contribution in [0.1, 0.15) is 25.7 Å². The van der Waals surface area contributed by atoms with Gasteiger partial charge >= 0.3 is 5.63 Å². The maximum absolute atomic E-state index is 12.3. The van der Waals surface area contributed by atoms with Crippen LogP contribution in [0.15, 0.2) is 45.6 Å². The lowest BCUT2D eigenvalue weighted by Crippen LogP contribution is -2.31. The molecule has 1 fully saturated rings. The minimum Gasteiger partial charge on any atom is -0.497 e. The summed E-state index contributed by atoms with van der Waals surface area (Å²) in [6.07, 6.45) is 4.98. The van der Waals surface area contributed by atoms with Gasteiger partial charge in [-0.3, -0.25) is 0 Å². The minimum absolute atomic E-state index is 0.362. The summed E-state index contributed by atoms with van der Waals surface area (Å²) in [5.41, 5.74) is 0.185. The van der Waals surface area contributed by atoms with Gasteiger partial charge in [0.1, 0.15) is 17.1 Å². The Morgan fingerprint density at radius 3 is 2.56 bits per heavy atom. The van der Waals surface area contributed by atoms with E-state index in [2.05, 4.69) is 4.90 Å². The third kappa shape index (κ3) is 3.93. The van der Waals surface area contributed by atoms with Crippen molar-refractivity contribution in [1.29, 1.82) is 0 Å². The fraction of sp³-hybridized carbons (Fsp3) is 0.409. The SMILES string of the molecule is COc1ccc2c(c1)c(=O)oc1cc(OCCCN3CCCCC3)ccc12. The van der Waals surface area contributed by atoms with Crippen LogP contribution < -0.4 is 15.1 Å². The van der Waals surface area contributed by atoms with Crippen LogP contribution >= 0.6 is 0 Å². The molecular weight excluding hydrogens is 342 g/mol. The first-order valence-corrected chi connectivity index (χ1v) is 9.64. The van der Waals surface area contributed by atoms with E-state index in [1.54, 1.807) is 19.2 Å². The molecule has 1 aromatic heterocycles. The molecule has 1 aliphatic rings. The summed E-state index contributed by atoms with van der Waals surface area (Å²) in [4.78, 5) is 14.8. The molecular formula is C22H25NO4. The van der Waals surface area contributed by atoms with E-state index in [0.717, 1.165) is 29.5 Å². The Balaban J connectivity index is 1.48. The molecule has 5 heteroatoms. The highest BCUT2D eigenvalue weighted by Gasteiger charge is 2.11. The smallest absolute Gasteiger partial charge is 0.344 e. The van der Waals surface area contributed by atoms with Crippen LogP contribution in [-0.4, -0.2) is 38.3 Å². The van der Waals surface area contributed by atoms with Gasteiger partial charge in [0.15, 0.2) is 0 Å². The Kier molecular flexibility index (Phi) is 5.30. The van der Waals surface area contributed by atoms with Gasteiger partial charge < -0.3 is 18.8 Å². The number of ether oxygens (including phenoxy) is 2. The quantitative estimate of drug-likeness (QED) is 0.371. The molecule has 27 heavy (non-hydrogen) atoms. The Morgan fingerprint density at radius 1 is 0.963 bits per heavy atom. The molecule has 0 N–H and O–H groups in total. The van der Waals surface area contributed by atoms with Gasteiger partial charge in [-0.05, 0) is 62.7 Å². The molecule has 0 spiro atoms. The average molecular weight is 367 g/mol. The number of hydrogen-bond donors (Lipinski definition) is 0. The van der Waals surface area contributed by atoms with Crippen molar-refractivity contribution in [3.8, 4) is 11.5 Å². The number of hydrogen-bond acceptors (Lipinski definition) is 5. The van der Waals surface area contributed by atoms with E-state index >= 15 is 0 Å². The maximum atomic E-state index is 12.3. The second-order valence-corrected chi connectivity index (χ2v) is 7.06. The van der Waals surface area contributed by atoms with E-state index in [1.807, 2.05) is 24.3 Å². The Morgan fingerprint density at radius 2 is 1.74 bits per heavy atom. The number of rotatable bonds is 6. The lowest BCUT2D eigenvalue weighted by atomic mass is 10.1. The molecule has 5 nitrogen and oxygen atoms in total. The highest BCUT2D eigenvalue weighted by molar-refractivity contribution is 6.04. The first-order chi connectivity index (χ1) is 13.2. The van der Waals surface area contributed by atoms with Crippen LogP contribution in [0.25, 0.3) is 21.7 Å². The van der Waals surface area contributed by atoms with Gasteiger partial charge in [0.2, 0.25) is 0 Å². The Bertz CT molecular complexity index is 989. The summed E-state index contributed by atoms with van der Waals surface area (Å²) in [5, 5.41) is 2.28. The number of fused-ring (bicyclic) bond motifs is 3. The monoisotopic (exact) mass is 367 g/mol. The van der Waals surface area contributed by atoms with Crippen molar-refractivity contribution < 1.29 is 13.9 Å². The lowest BCUT2D eigenvalue weighted by Gasteiger charge is -2.26. The van der Waals surface area contributed by atoms with E-state index in [-0.39, 0.29) is 5.63 Å². The Labute approximate surface area is 158 Å². The molecule has 2 heterocycles. The van der Waals surface area contributed by atoms with Gasteiger partial charge in [-0.1, -0.05) is 6.42 Å². The van der Waals surface area contributed by atoms with E-state index in [0.29, 0.717) is 23.3 Å². The largest absolute Gasteiger partial charge is 0.497 e. The second-order valence-electron chi connectivity index (χ2n) is 7.06. The van der Waals surface area contributed by atoms with E-state index in [9.17, 15) is 4.79 Å². The van der Waals surface area contributed by atoms with Crippen LogP contribution in [0.3, 0.4) is 0 Å². The van der Waals surface area contributed by atoms with Gasteiger partial charge in [0, 0.05) is 23.4 Å². The third-order valence-corrected chi connectivity index (χ3v) is 5.23.